The summed E-state index contributed by atoms with van der Waals surface area (Å²) in [6, 6.07) is 19.6. The maximum atomic E-state index is 13.0. The van der Waals surface area contributed by atoms with Crippen molar-refractivity contribution in [2.45, 2.75) is 33.5 Å². The van der Waals surface area contributed by atoms with E-state index in [1.54, 1.807) is 25.4 Å². The molecule has 0 amide bonds. The van der Waals surface area contributed by atoms with Crippen molar-refractivity contribution in [3.8, 4) is 17.6 Å². The molecule has 37 heavy (non-hydrogen) atoms. The van der Waals surface area contributed by atoms with E-state index in [0.717, 1.165) is 22.2 Å². The van der Waals surface area contributed by atoms with Gasteiger partial charge in [-0.1, -0.05) is 29.4 Å². The highest BCUT2D eigenvalue weighted by Gasteiger charge is 2.15. The first kappa shape index (κ1) is 25.5. The fourth-order valence-corrected chi connectivity index (χ4v) is 3.70. The molecular weight excluding hydrogens is 471 g/mol. The van der Waals surface area contributed by atoms with Crippen LogP contribution >= 0.6 is 0 Å². The Morgan fingerprint density at radius 2 is 1.81 bits per heavy atom. The maximum Gasteiger partial charge on any atom is 0.163 e. The molecule has 0 radical (unpaired) electrons. The molecule has 1 N–H and O–H groups in total. The molecule has 3 aromatic carbocycles. The van der Waals surface area contributed by atoms with E-state index in [2.05, 4.69) is 21.5 Å². The number of hydrogen-bond acceptors (Lipinski definition) is 7. The molecule has 0 bridgehead atoms. The summed E-state index contributed by atoms with van der Waals surface area (Å²) in [5.74, 6) is 0.862. The van der Waals surface area contributed by atoms with Gasteiger partial charge in [0.05, 0.1) is 35.7 Å². The third-order valence-corrected chi connectivity index (χ3v) is 5.55. The molecule has 0 saturated carbocycles. The highest BCUT2D eigenvalue weighted by molar-refractivity contribution is 5.99. The second-order valence-electron chi connectivity index (χ2n) is 8.62. The fraction of sp³-hybridized carbons (Fsp3) is 0.207. The number of aromatic nitrogens is 1. The van der Waals surface area contributed by atoms with Crippen LogP contribution in [0.2, 0.25) is 0 Å². The number of nitrogens with zero attached hydrogens (tertiary/aromatic N) is 3. The van der Waals surface area contributed by atoms with Gasteiger partial charge in [0.1, 0.15) is 18.5 Å². The Kier molecular flexibility index (Phi) is 7.84. The topological polar surface area (TPSA) is 88.8 Å². The van der Waals surface area contributed by atoms with E-state index in [9.17, 15) is 9.65 Å². The number of pyridine rings is 1. The summed E-state index contributed by atoms with van der Waals surface area (Å²) in [5, 5.41) is 18.0. The van der Waals surface area contributed by atoms with E-state index in [1.165, 1.54) is 12.1 Å². The molecule has 0 atom stereocenters. The number of ether oxygens (including phenoxy) is 2. The zero-order valence-corrected chi connectivity index (χ0v) is 21.1. The predicted octanol–water partition coefficient (Wildman–Crippen LogP) is 6.73. The minimum atomic E-state index is -0.289. The summed E-state index contributed by atoms with van der Waals surface area (Å²) in [6.45, 7) is 5.98. The van der Waals surface area contributed by atoms with Gasteiger partial charge in [-0.15, -0.1) is 0 Å². The lowest BCUT2D eigenvalue weighted by Crippen LogP contribution is -2.07. The van der Waals surface area contributed by atoms with Crippen LogP contribution < -0.4 is 14.8 Å². The number of benzene rings is 3. The normalized spacial score (nSPS) is 11.3. The number of fused-ring (bicyclic) bond motifs is 1. The number of rotatable bonds is 9. The highest BCUT2D eigenvalue weighted by atomic mass is 19.1. The SMILES string of the molecule is COc1cc2c(Nc3ccc(/C(C)=N\OCc4ccc(F)cc4)cc3)c(C#N)cnc2cc1OC(C)C. The number of anilines is 2. The summed E-state index contributed by atoms with van der Waals surface area (Å²) < 4.78 is 24.4. The molecule has 1 aromatic heterocycles. The molecule has 0 aliphatic carbocycles. The third-order valence-electron chi connectivity index (χ3n) is 5.55. The Balaban J connectivity index is 1.55. The van der Waals surface area contributed by atoms with E-state index in [-0.39, 0.29) is 18.5 Å². The van der Waals surface area contributed by atoms with Gasteiger partial charge in [0.15, 0.2) is 11.5 Å². The van der Waals surface area contributed by atoms with Crippen LogP contribution in [0.4, 0.5) is 15.8 Å². The second kappa shape index (κ2) is 11.4. The van der Waals surface area contributed by atoms with Gasteiger partial charge < -0.3 is 19.6 Å². The minimum absolute atomic E-state index is 0.0267. The summed E-state index contributed by atoms with van der Waals surface area (Å²) >= 11 is 0. The molecule has 0 aliphatic rings. The van der Waals surface area contributed by atoms with Crippen molar-refractivity contribution in [1.82, 2.24) is 4.98 Å². The largest absolute Gasteiger partial charge is 0.493 e. The zero-order valence-electron chi connectivity index (χ0n) is 21.1. The molecule has 4 aromatic rings. The van der Waals surface area contributed by atoms with Gasteiger partial charge >= 0.3 is 0 Å². The summed E-state index contributed by atoms with van der Waals surface area (Å²) in [4.78, 5) is 9.86. The van der Waals surface area contributed by atoms with Crippen molar-refractivity contribution in [3.05, 3.63) is 89.4 Å². The van der Waals surface area contributed by atoms with Crippen LogP contribution in [0, 0.1) is 17.1 Å². The molecule has 0 spiro atoms. The van der Waals surface area contributed by atoms with Crippen molar-refractivity contribution in [2.75, 3.05) is 12.4 Å². The monoisotopic (exact) mass is 498 g/mol. The fourth-order valence-electron chi connectivity index (χ4n) is 3.70. The molecule has 0 aliphatic heterocycles. The van der Waals surface area contributed by atoms with Gasteiger partial charge in [0, 0.05) is 23.3 Å². The lowest BCUT2D eigenvalue weighted by Gasteiger charge is -2.17. The highest BCUT2D eigenvalue weighted by Crippen LogP contribution is 2.37. The second-order valence-corrected chi connectivity index (χ2v) is 8.62. The molecule has 0 unspecified atom stereocenters. The summed E-state index contributed by atoms with van der Waals surface area (Å²) in [5.41, 5.74) is 4.90. The first-order chi connectivity index (χ1) is 17.9. The molecule has 7 nitrogen and oxygen atoms in total. The van der Waals surface area contributed by atoms with Crippen LogP contribution in [0.3, 0.4) is 0 Å². The number of hydrogen-bond donors (Lipinski definition) is 1. The van der Waals surface area contributed by atoms with E-state index >= 15 is 0 Å². The third kappa shape index (κ3) is 6.14. The van der Waals surface area contributed by atoms with Gasteiger partial charge in [-0.2, -0.15) is 5.26 Å². The van der Waals surface area contributed by atoms with Crippen LogP contribution in [0.25, 0.3) is 10.9 Å². The first-order valence-electron chi connectivity index (χ1n) is 11.7. The summed E-state index contributed by atoms with van der Waals surface area (Å²) in [6.07, 6.45) is 1.51. The first-order valence-corrected chi connectivity index (χ1v) is 11.7. The molecule has 4 rings (SSSR count). The molecule has 1 heterocycles. The predicted molar refractivity (Wildman–Crippen MR) is 142 cm³/mol. The average Bonchev–Trinajstić information content (AvgIpc) is 2.89. The van der Waals surface area contributed by atoms with Crippen LogP contribution in [-0.2, 0) is 11.4 Å². The van der Waals surface area contributed by atoms with E-state index < -0.39 is 0 Å². The lowest BCUT2D eigenvalue weighted by molar-refractivity contribution is 0.130. The Labute approximate surface area is 215 Å². The molecule has 0 fully saturated rings. The van der Waals surface area contributed by atoms with Crippen LogP contribution in [0.1, 0.15) is 37.5 Å². The van der Waals surface area contributed by atoms with Crippen LogP contribution in [0.15, 0.2) is 72.0 Å². The van der Waals surface area contributed by atoms with E-state index in [1.807, 2.05) is 57.2 Å². The standard InChI is InChI=1S/C29H27FN4O3/c1-18(2)37-28-14-26-25(13-27(28)35-4)29(22(15-31)16-32-26)33-24-11-7-21(8-12-24)19(3)34-36-17-20-5-9-23(30)10-6-20/h5-14,16,18H,17H2,1-4H3,(H,32,33)/b34-19-. The average molecular weight is 499 g/mol. The van der Waals surface area contributed by atoms with Crippen molar-refractivity contribution in [1.29, 1.82) is 5.26 Å². The smallest absolute Gasteiger partial charge is 0.163 e. The van der Waals surface area contributed by atoms with Gasteiger partial charge in [-0.3, -0.25) is 4.98 Å². The molecular formula is C29H27FN4O3. The van der Waals surface area contributed by atoms with Gasteiger partial charge in [-0.05, 0) is 62.2 Å². The van der Waals surface area contributed by atoms with E-state index in [0.29, 0.717) is 34.0 Å². The summed E-state index contributed by atoms with van der Waals surface area (Å²) in [7, 11) is 1.58. The zero-order chi connectivity index (χ0) is 26.4. The van der Waals surface area contributed by atoms with E-state index in [4.69, 9.17) is 14.3 Å². The van der Waals surface area contributed by atoms with Crippen LogP contribution in [-0.4, -0.2) is 23.9 Å². The molecule has 0 saturated heterocycles. The number of nitrogens with one attached hydrogen (secondary N) is 1. The number of oxime groups is 1. The Bertz CT molecular complexity index is 1460. The van der Waals surface area contributed by atoms with Gasteiger partial charge in [-0.25, -0.2) is 4.39 Å². The minimum Gasteiger partial charge on any atom is -0.493 e. The lowest BCUT2D eigenvalue weighted by atomic mass is 10.1. The van der Waals surface area contributed by atoms with Crippen molar-refractivity contribution < 1.29 is 18.7 Å². The van der Waals surface area contributed by atoms with Crippen LogP contribution in [0.5, 0.6) is 11.5 Å². The number of nitriles is 1. The number of methoxy groups -OCH3 is 1. The van der Waals surface area contributed by atoms with Gasteiger partial charge in [0.25, 0.3) is 0 Å². The Hall–Kier alpha value is -4.64. The maximum absolute atomic E-state index is 13.0. The molecule has 8 heteroatoms. The quantitative estimate of drug-likeness (QED) is 0.203. The number of halogens is 1. The van der Waals surface area contributed by atoms with Gasteiger partial charge in [0.2, 0.25) is 0 Å². The van der Waals surface area contributed by atoms with Crippen molar-refractivity contribution in [2.24, 2.45) is 5.16 Å². The molecule has 188 valence electrons. The van der Waals surface area contributed by atoms with Crippen molar-refractivity contribution in [3.63, 3.8) is 0 Å². The Morgan fingerprint density at radius 3 is 2.46 bits per heavy atom. The van der Waals surface area contributed by atoms with Crippen molar-refractivity contribution >= 4 is 28.0 Å². The Morgan fingerprint density at radius 1 is 1.08 bits per heavy atom.